The van der Waals surface area contributed by atoms with E-state index in [1.165, 1.54) is 28.8 Å². The van der Waals surface area contributed by atoms with Crippen molar-refractivity contribution in [3.05, 3.63) is 76.9 Å². The number of phenolic OH excluding ortho intramolecular Hbond substituents is 1. The molecule has 31 heavy (non-hydrogen) atoms. The van der Waals surface area contributed by atoms with Crippen LogP contribution in [0.5, 0.6) is 5.75 Å². The molecule has 1 saturated heterocycles. The number of nitrogens with zero attached hydrogens (tertiary/aromatic N) is 1. The molecular weight excluding hydrogens is 456 g/mol. The minimum atomic E-state index is -3.77. The number of phenols is 1. The Bertz CT molecular complexity index is 1310. The molecule has 158 valence electrons. The second-order valence-electron chi connectivity index (χ2n) is 6.71. The highest BCUT2D eigenvalue weighted by Gasteiger charge is 2.32. The quantitative estimate of drug-likeness (QED) is 0.430. The lowest BCUT2D eigenvalue weighted by Crippen LogP contribution is -2.27. The van der Waals surface area contributed by atoms with Crippen LogP contribution in [0, 0.1) is 0 Å². The molecule has 2 heterocycles. The Morgan fingerprint density at radius 3 is 2.55 bits per heavy atom. The average molecular weight is 473 g/mol. The van der Waals surface area contributed by atoms with Crippen LogP contribution in [-0.2, 0) is 21.4 Å². The second kappa shape index (κ2) is 8.31. The molecule has 1 fully saturated rings. The zero-order valence-corrected chi connectivity index (χ0v) is 18.3. The van der Waals surface area contributed by atoms with Gasteiger partial charge in [0.1, 0.15) is 21.6 Å². The molecule has 1 aromatic heterocycles. The molecule has 3 N–H and O–H groups in total. The van der Waals surface area contributed by atoms with Gasteiger partial charge in [-0.2, -0.15) is 0 Å². The highest BCUT2D eigenvalue weighted by molar-refractivity contribution is 8.26. The van der Waals surface area contributed by atoms with Crippen LogP contribution in [0.25, 0.3) is 17.4 Å². The number of sulfonamides is 1. The first-order chi connectivity index (χ1) is 14.7. The first-order valence-electron chi connectivity index (χ1n) is 8.97. The van der Waals surface area contributed by atoms with E-state index in [-0.39, 0.29) is 23.1 Å². The van der Waals surface area contributed by atoms with Gasteiger partial charge in [-0.3, -0.25) is 9.69 Å². The Labute approximate surface area is 188 Å². The van der Waals surface area contributed by atoms with Crippen molar-refractivity contribution in [3.8, 4) is 17.1 Å². The molecule has 1 aliphatic heterocycles. The number of thiocarbonyl (C=S) groups is 1. The van der Waals surface area contributed by atoms with Crippen molar-refractivity contribution in [2.75, 3.05) is 0 Å². The number of nitrogens with two attached hydrogens (primary N) is 1. The summed E-state index contributed by atoms with van der Waals surface area (Å²) in [7, 11) is -3.77. The largest absolute Gasteiger partial charge is 0.508 e. The minimum Gasteiger partial charge on any atom is -0.508 e. The van der Waals surface area contributed by atoms with E-state index in [4.69, 9.17) is 21.8 Å². The molecule has 1 aliphatic rings. The third-order valence-electron chi connectivity index (χ3n) is 4.49. The van der Waals surface area contributed by atoms with Crippen molar-refractivity contribution in [3.63, 3.8) is 0 Å². The van der Waals surface area contributed by atoms with Crippen molar-refractivity contribution in [1.82, 2.24) is 4.90 Å². The summed E-state index contributed by atoms with van der Waals surface area (Å²) < 4.78 is 29.0. The highest BCUT2D eigenvalue weighted by atomic mass is 32.2. The van der Waals surface area contributed by atoms with E-state index in [1.807, 2.05) is 6.07 Å². The van der Waals surface area contributed by atoms with Crippen LogP contribution >= 0.6 is 24.0 Å². The number of primary sulfonamides is 1. The van der Waals surface area contributed by atoms with Gasteiger partial charge in [-0.1, -0.05) is 36.1 Å². The standard InChI is InChI=1S/C21H16N2O5S3/c22-31(26,27)17-7-4-14(5-8-17)18-9-6-16(28-18)11-19-20(25)23(21(29)30-19)12-13-2-1-3-15(24)10-13/h1-11,24H,12H2,(H2,22,26,27)/b19-11-. The van der Waals surface area contributed by atoms with Crippen molar-refractivity contribution >= 4 is 50.3 Å². The average Bonchev–Trinajstić information content (AvgIpc) is 3.28. The third kappa shape index (κ3) is 4.72. The fraction of sp³-hybridized carbons (Fsp3) is 0.0476. The maximum atomic E-state index is 12.8. The van der Waals surface area contributed by atoms with Crippen molar-refractivity contribution in [2.45, 2.75) is 11.4 Å². The maximum absolute atomic E-state index is 12.8. The number of carbonyl (C=O) groups is 1. The van der Waals surface area contributed by atoms with E-state index in [0.717, 1.165) is 5.56 Å². The number of thioether (sulfide) groups is 1. The smallest absolute Gasteiger partial charge is 0.266 e. The van der Waals surface area contributed by atoms with Gasteiger partial charge in [-0.25, -0.2) is 13.6 Å². The summed E-state index contributed by atoms with van der Waals surface area (Å²) in [6.45, 7) is 0.260. The van der Waals surface area contributed by atoms with Gasteiger partial charge in [-0.05, 0) is 54.1 Å². The van der Waals surface area contributed by atoms with Gasteiger partial charge in [0, 0.05) is 11.6 Å². The highest BCUT2D eigenvalue weighted by Crippen LogP contribution is 2.35. The number of hydrogen-bond acceptors (Lipinski definition) is 7. The molecule has 0 atom stereocenters. The lowest BCUT2D eigenvalue weighted by molar-refractivity contribution is -0.122. The van der Waals surface area contributed by atoms with E-state index in [9.17, 15) is 18.3 Å². The molecule has 0 radical (unpaired) electrons. The molecule has 0 saturated carbocycles. The van der Waals surface area contributed by atoms with E-state index in [0.29, 0.717) is 26.3 Å². The molecule has 2 aromatic carbocycles. The molecule has 0 unspecified atom stereocenters. The SMILES string of the molecule is NS(=O)(=O)c1ccc(-c2ccc(/C=C3\SC(=S)N(Cc4cccc(O)c4)C3=O)o2)cc1. The molecule has 7 nitrogen and oxygen atoms in total. The number of amides is 1. The number of hydrogen-bond donors (Lipinski definition) is 2. The van der Waals surface area contributed by atoms with Crippen LogP contribution in [0.4, 0.5) is 0 Å². The predicted molar refractivity (Wildman–Crippen MR) is 122 cm³/mol. The van der Waals surface area contributed by atoms with Crippen LogP contribution in [0.3, 0.4) is 0 Å². The number of rotatable bonds is 5. The van der Waals surface area contributed by atoms with Crippen molar-refractivity contribution < 1.29 is 22.7 Å². The summed E-state index contributed by atoms with van der Waals surface area (Å²) in [5.74, 6) is 0.860. The Hall–Kier alpha value is -2.92. The number of benzene rings is 2. The summed E-state index contributed by atoms with van der Waals surface area (Å²) in [5, 5.41) is 14.7. The molecule has 0 spiro atoms. The van der Waals surface area contributed by atoms with Gasteiger partial charge in [0.25, 0.3) is 5.91 Å². The number of carbonyl (C=O) groups excluding carboxylic acids is 1. The van der Waals surface area contributed by atoms with Gasteiger partial charge in [0.15, 0.2) is 0 Å². The van der Waals surface area contributed by atoms with E-state index >= 15 is 0 Å². The number of aromatic hydroxyl groups is 1. The van der Waals surface area contributed by atoms with E-state index in [1.54, 1.807) is 48.5 Å². The monoisotopic (exact) mass is 472 g/mol. The lowest BCUT2D eigenvalue weighted by atomic mass is 10.2. The summed E-state index contributed by atoms with van der Waals surface area (Å²) in [4.78, 5) is 14.7. The van der Waals surface area contributed by atoms with E-state index < -0.39 is 10.0 Å². The normalized spacial score (nSPS) is 15.8. The van der Waals surface area contributed by atoms with Crippen LogP contribution in [-0.4, -0.2) is 28.7 Å². The summed E-state index contributed by atoms with van der Waals surface area (Å²) in [5.41, 5.74) is 1.43. The Morgan fingerprint density at radius 1 is 1.13 bits per heavy atom. The predicted octanol–water partition coefficient (Wildman–Crippen LogP) is 3.70. The fourth-order valence-corrected chi connectivity index (χ4v) is 4.75. The Kier molecular flexibility index (Phi) is 5.71. The summed E-state index contributed by atoms with van der Waals surface area (Å²) in [6, 6.07) is 16.1. The first kappa shape index (κ1) is 21.3. The summed E-state index contributed by atoms with van der Waals surface area (Å²) in [6.07, 6.45) is 1.62. The molecular formula is C21H16N2O5S3. The Morgan fingerprint density at radius 2 is 1.87 bits per heavy atom. The molecule has 3 aromatic rings. The van der Waals surface area contributed by atoms with Crippen LogP contribution in [0.15, 0.2) is 74.9 Å². The maximum Gasteiger partial charge on any atom is 0.266 e. The van der Waals surface area contributed by atoms with Gasteiger partial charge in [0.2, 0.25) is 10.0 Å². The van der Waals surface area contributed by atoms with Gasteiger partial charge in [0.05, 0.1) is 16.3 Å². The van der Waals surface area contributed by atoms with E-state index in [2.05, 4.69) is 0 Å². The third-order valence-corrected chi connectivity index (χ3v) is 6.80. The minimum absolute atomic E-state index is 0.0124. The molecule has 1 amide bonds. The molecule has 4 rings (SSSR count). The number of furan rings is 1. The van der Waals surface area contributed by atoms with Crippen LogP contribution in [0.1, 0.15) is 11.3 Å². The van der Waals surface area contributed by atoms with Crippen molar-refractivity contribution in [2.24, 2.45) is 5.14 Å². The first-order valence-corrected chi connectivity index (χ1v) is 11.7. The molecule has 0 aliphatic carbocycles. The molecule has 10 heteroatoms. The topological polar surface area (TPSA) is 114 Å². The van der Waals surface area contributed by atoms with Gasteiger partial charge < -0.3 is 9.52 Å². The van der Waals surface area contributed by atoms with Crippen LogP contribution < -0.4 is 5.14 Å². The lowest BCUT2D eigenvalue weighted by Gasteiger charge is -2.14. The van der Waals surface area contributed by atoms with Gasteiger partial charge >= 0.3 is 0 Å². The van der Waals surface area contributed by atoms with Crippen LogP contribution in [0.2, 0.25) is 0 Å². The Balaban J connectivity index is 1.52. The molecule has 0 bridgehead atoms. The zero-order chi connectivity index (χ0) is 22.2. The fourth-order valence-electron chi connectivity index (χ4n) is 3.00. The van der Waals surface area contributed by atoms with Crippen molar-refractivity contribution in [1.29, 1.82) is 0 Å². The second-order valence-corrected chi connectivity index (χ2v) is 9.95. The summed E-state index contributed by atoms with van der Waals surface area (Å²) >= 11 is 6.52. The zero-order valence-electron chi connectivity index (χ0n) is 15.9. The van der Waals surface area contributed by atoms with Gasteiger partial charge in [-0.15, -0.1) is 0 Å².